The van der Waals surface area contributed by atoms with Gasteiger partial charge < -0.3 is 29.1 Å². The van der Waals surface area contributed by atoms with Gasteiger partial charge in [-0.1, -0.05) is 12.1 Å². The van der Waals surface area contributed by atoms with E-state index in [0.29, 0.717) is 44.7 Å². The molecule has 0 amide bonds. The van der Waals surface area contributed by atoms with Gasteiger partial charge in [0.25, 0.3) is 0 Å². The smallest absolute Gasteiger partial charge is 0.435 e. The molecule has 1 N–H and O–H groups in total. The van der Waals surface area contributed by atoms with Crippen molar-refractivity contribution in [1.29, 1.82) is 0 Å². The molecular weight excluding hydrogens is 483 g/mol. The van der Waals surface area contributed by atoms with Crippen LogP contribution in [-0.4, -0.2) is 71.4 Å². The molecule has 3 aromatic rings. The number of ether oxygens (including phenoxy) is 3. The number of aliphatic carboxylic acids is 1. The molecule has 13 heteroatoms. The zero-order chi connectivity index (χ0) is 25.5. The van der Waals surface area contributed by atoms with Crippen LogP contribution in [0.1, 0.15) is 17.7 Å². The number of carbonyl (C=O) groups is 1. The lowest BCUT2D eigenvalue weighted by molar-refractivity contribution is -0.142. The second-order valence-corrected chi connectivity index (χ2v) is 8.64. The first-order valence-corrected chi connectivity index (χ1v) is 11.3. The minimum Gasteiger partial charge on any atom is -0.497 e. The number of benzene rings is 1. The molecule has 0 saturated carbocycles. The molecule has 0 atom stereocenters. The zero-order valence-electron chi connectivity index (χ0n) is 19.4. The molecule has 192 valence electrons. The molecule has 2 fully saturated rings. The van der Waals surface area contributed by atoms with Crippen molar-refractivity contribution in [1.82, 2.24) is 14.6 Å². The molecule has 2 aliphatic rings. The van der Waals surface area contributed by atoms with Gasteiger partial charge in [-0.05, 0) is 17.7 Å². The molecule has 2 aromatic heterocycles. The number of alkyl halides is 3. The van der Waals surface area contributed by atoms with Crippen LogP contribution >= 0.6 is 0 Å². The Labute approximate surface area is 203 Å². The Bertz CT molecular complexity index is 1260. The minimum atomic E-state index is -4.71. The summed E-state index contributed by atoms with van der Waals surface area (Å²) in [5.41, 5.74) is -0.197. The van der Waals surface area contributed by atoms with Gasteiger partial charge in [0, 0.05) is 25.6 Å². The number of methoxy groups -OCH3 is 1. The van der Waals surface area contributed by atoms with E-state index in [1.807, 2.05) is 0 Å². The fourth-order valence-electron chi connectivity index (χ4n) is 4.54. The second-order valence-electron chi connectivity index (χ2n) is 8.64. The summed E-state index contributed by atoms with van der Waals surface area (Å²) in [7, 11) is 1.53. The van der Waals surface area contributed by atoms with Gasteiger partial charge in [-0.3, -0.25) is 4.79 Å². The molecule has 0 bridgehead atoms. The highest BCUT2D eigenvalue weighted by Crippen LogP contribution is 2.37. The van der Waals surface area contributed by atoms with Crippen LogP contribution < -0.4 is 14.5 Å². The Kier molecular flexibility index (Phi) is 6.12. The molecule has 5 rings (SSSR count). The Morgan fingerprint density at radius 1 is 1.25 bits per heavy atom. The van der Waals surface area contributed by atoms with Crippen molar-refractivity contribution in [3.05, 3.63) is 47.8 Å². The monoisotopic (exact) mass is 507 g/mol. The van der Waals surface area contributed by atoms with Gasteiger partial charge >= 0.3 is 12.1 Å². The topological polar surface area (TPSA) is 102 Å². The summed E-state index contributed by atoms with van der Waals surface area (Å²) in [5, 5.41) is 13.9. The Hall–Kier alpha value is -3.58. The van der Waals surface area contributed by atoms with Crippen LogP contribution in [-0.2, 0) is 27.0 Å². The lowest BCUT2D eigenvalue weighted by atomic mass is 10.2. The first kappa shape index (κ1) is 24.1. The van der Waals surface area contributed by atoms with E-state index in [4.69, 9.17) is 14.2 Å². The number of halogens is 3. The highest BCUT2D eigenvalue weighted by atomic mass is 19.4. The molecule has 0 aliphatic carbocycles. The summed E-state index contributed by atoms with van der Waals surface area (Å²) in [4.78, 5) is 19.0. The number of aromatic nitrogens is 3. The van der Waals surface area contributed by atoms with E-state index in [-0.39, 0.29) is 23.7 Å². The van der Waals surface area contributed by atoms with Gasteiger partial charge in [-0.25, -0.2) is 9.50 Å². The first-order valence-electron chi connectivity index (χ1n) is 11.3. The number of rotatable bonds is 7. The fraction of sp³-hybridized carbons (Fsp3) is 0.435. The van der Waals surface area contributed by atoms with E-state index >= 15 is 0 Å². The maximum Gasteiger partial charge on any atom is 0.435 e. The number of fused-ring (bicyclic) bond motifs is 1. The van der Waals surface area contributed by atoms with E-state index in [1.165, 1.54) is 12.0 Å². The average molecular weight is 507 g/mol. The molecular formula is C23H24F3N5O5. The van der Waals surface area contributed by atoms with Crippen molar-refractivity contribution in [2.75, 3.05) is 49.8 Å². The Morgan fingerprint density at radius 2 is 1.97 bits per heavy atom. The van der Waals surface area contributed by atoms with Crippen molar-refractivity contribution in [2.45, 2.75) is 24.9 Å². The van der Waals surface area contributed by atoms with Crippen molar-refractivity contribution in [3.63, 3.8) is 0 Å². The first-order chi connectivity index (χ1) is 17.2. The van der Waals surface area contributed by atoms with E-state index in [1.54, 1.807) is 35.2 Å². The highest BCUT2D eigenvalue weighted by Gasteiger charge is 2.44. The van der Waals surface area contributed by atoms with Gasteiger partial charge in [-0.15, -0.1) is 5.10 Å². The third-order valence-electron chi connectivity index (χ3n) is 6.26. The molecule has 1 spiro atoms. The largest absolute Gasteiger partial charge is 0.497 e. The molecule has 2 aliphatic heterocycles. The number of carboxylic acids is 1. The third kappa shape index (κ3) is 4.63. The van der Waals surface area contributed by atoms with Crippen molar-refractivity contribution >= 4 is 23.1 Å². The summed E-state index contributed by atoms with van der Waals surface area (Å²) in [5.74, 6) is -1.10. The van der Waals surface area contributed by atoms with Crippen LogP contribution in [0, 0.1) is 0 Å². The number of anilines is 2. The van der Waals surface area contributed by atoms with Gasteiger partial charge in [-0.2, -0.15) is 13.2 Å². The van der Waals surface area contributed by atoms with E-state index in [9.17, 15) is 23.1 Å². The summed E-state index contributed by atoms with van der Waals surface area (Å²) in [6, 6.07) is 8.55. The molecule has 2 saturated heterocycles. The summed E-state index contributed by atoms with van der Waals surface area (Å²) in [6.07, 6.45) is -3.47. The highest BCUT2D eigenvalue weighted by molar-refractivity contribution is 5.79. The molecule has 0 unspecified atom stereocenters. The number of nitrogens with zero attached hydrogens (tertiary/aromatic N) is 5. The predicted molar refractivity (Wildman–Crippen MR) is 121 cm³/mol. The standard InChI is InChI=1S/C23H24F3N5O5/c1-34-16-4-2-15(3-5-16)12-30(13-20(32)33)17-10-19(29-7-6-22(14-29)35-8-9-36-22)28-31-18(23(24,25)26)11-27-21(17)31/h2-5,10-11H,6-9,12-14H2,1H3,(H,32,33). The lowest BCUT2D eigenvalue weighted by Crippen LogP contribution is -2.35. The van der Waals surface area contributed by atoms with Crippen LogP contribution in [0.15, 0.2) is 36.5 Å². The van der Waals surface area contributed by atoms with E-state index < -0.39 is 30.2 Å². The average Bonchev–Trinajstić information content (AvgIpc) is 3.58. The predicted octanol–water partition coefficient (Wildman–Crippen LogP) is 2.80. The lowest BCUT2D eigenvalue weighted by Gasteiger charge is -2.27. The van der Waals surface area contributed by atoms with Crippen LogP contribution in [0.4, 0.5) is 24.7 Å². The number of hydrogen-bond donors (Lipinski definition) is 1. The summed E-state index contributed by atoms with van der Waals surface area (Å²) < 4.78 is 58.7. The summed E-state index contributed by atoms with van der Waals surface area (Å²) >= 11 is 0. The van der Waals surface area contributed by atoms with Crippen LogP contribution in [0.25, 0.3) is 5.65 Å². The maximum absolute atomic E-state index is 13.8. The number of carboxylic acid groups (broad SMARTS) is 1. The van der Waals surface area contributed by atoms with E-state index in [0.717, 1.165) is 10.1 Å². The van der Waals surface area contributed by atoms with E-state index in [2.05, 4.69) is 10.1 Å². The number of imidazole rings is 1. The fourth-order valence-corrected chi connectivity index (χ4v) is 4.54. The van der Waals surface area contributed by atoms with Gasteiger partial charge in [0.05, 0.1) is 38.8 Å². The molecule has 36 heavy (non-hydrogen) atoms. The van der Waals surface area contributed by atoms with Gasteiger partial charge in [0.15, 0.2) is 22.9 Å². The normalized spacial score (nSPS) is 17.3. The maximum atomic E-state index is 13.8. The third-order valence-corrected chi connectivity index (χ3v) is 6.26. The second kappa shape index (κ2) is 9.13. The number of hydrogen-bond acceptors (Lipinski definition) is 8. The molecule has 10 nitrogen and oxygen atoms in total. The molecule has 1 aromatic carbocycles. The van der Waals surface area contributed by atoms with Gasteiger partial charge in [0.1, 0.15) is 12.3 Å². The Morgan fingerprint density at radius 3 is 2.61 bits per heavy atom. The summed E-state index contributed by atoms with van der Waals surface area (Å²) in [6.45, 7) is 1.28. The van der Waals surface area contributed by atoms with Crippen LogP contribution in [0.5, 0.6) is 5.75 Å². The zero-order valence-corrected chi connectivity index (χ0v) is 19.4. The van der Waals surface area contributed by atoms with Crippen molar-refractivity contribution in [2.24, 2.45) is 0 Å². The van der Waals surface area contributed by atoms with Gasteiger partial charge in [0.2, 0.25) is 0 Å². The quantitative estimate of drug-likeness (QED) is 0.517. The van der Waals surface area contributed by atoms with Crippen molar-refractivity contribution in [3.8, 4) is 5.75 Å². The molecule has 4 heterocycles. The van der Waals surface area contributed by atoms with Crippen LogP contribution in [0.2, 0.25) is 0 Å². The Balaban J connectivity index is 1.59. The minimum absolute atomic E-state index is 0.0943. The molecule has 0 radical (unpaired) electrons. The van der Waals surface area contributed by atoms with Crippen LogP contribution in [0.3, 0.4) is 0 Å². The SMILES string of the molecule is COc1ccc(CN(CC(=O)O)c2cc(N3CCC4(C3)OCCO4)nn3c(C(F)(F)F)cnc23)cc1. The van der Waals surface area contributed by atoms with Crippen molar-refractivity contribution < 1.29 is 37.3 Å².